The van der Waals surface area contributed by atoms with Crippen LogP contribution in [0.1, 0.15) is 42.6 Å². The van der Waals surface area contributed by atoms with Gasteiger partial charge in [0.15, 0.2) is 5.75 Å². The van der Waals surface area contributed by atoms with E-state index < -0.39 is 22.5 Å². The van der Waals surface area contributed by atoms with Gasteiger partial charge in [-0.3, -0.25) is 9.59 Å². The summed E-state index contributed by atoms with van der Waals surface area (Å²) in [6.45, 7) is 4.07. The maximum Gasteiger partial charge on any atom is 0.488 e. The maximum absolute atomic E-state index is 12.8. The minimum atomic E-state index is -5.25. The second-order valence-corrected chi connectivity index (χ2v) is 7.17. The molecule has 0 radical (unpaired) electrons. The minimum absolute atomic E-state index is 0.0231. The van der Waals surface area contributed by atoms with Crippen molar-refractivity contribution >= 4 is 22.3 Å². The highest BCUT2D eigenvalue weighted by atomic mass is 32.3. The number of nitrogens with zero attached hydrogens (tertiary/aromatic N) is 1. The normalized spacial score (nSPS) is 18.5. The molecule has 1 unspecified atom stereocenters. The number of nitrogens with two attached hydrogens (primary N) is 1. The fraction of sp³-hybridized carbons (Fsp3) is 0.500. The molecular weight excluding hydrogens is 365 g/mol. The van der Waals surface area contributed by atoms with Crippen molar-refractivity contribution in [1.29, 1.82) is 0 Å². The molecular formula is C16H22FN3O5S. The van der Waals surface area contributed by atoms with Crippen molar-refractivity contribution in [1.82, 2.24) is 10.2 Å². The van der Waals surface area contributed by atoms with E-state index in [2.05, 4.69) is 9.50 Å². The Labute approximate surface area is 151 Å². The number of halogens is 1. The summed E-state index contributed by atoms with van der Waals surface area (Å²) in [6.07, 6.45) is 1.85. The van der Waals surface area contributed by atoms with Gasteiger partial charge >= 0.3 is 10.5 Å². The van der Waals surface area contributed by atoms with Gasteiger partial charge < -0.3 is 20.1 Å². The Morgan fingerprint density at radius 1 is 1.46 bits per heavy atom. The molecule has 0 bridgehead atoms. The van der Waals surface area contributed by atoms with Crippen LogP contribution < -0.4 is 15.2 Å². The van der Waals surface area contributed by atoms with Crippen LogP contribution in [-0.2, 0) is 21.8 Å². The van der Waals surface area contributed by atoms with Crippen molar-refractivity contribution < 1.29 is 26.1 Å². The van der Waals surface area contributed by atoms with E-state index >= 15 is 0 Å². The van der Waals surface area contributed by atoms with E-state index in [4.69, 9.17) is 5.73 Å². The molecule has 10 heteroatoms. The fourth-order valence-electron chi connectivity index (χ4n) is 2.90. The first-order valence-electron chi connectivity index (χ1n) is 8.20. The molecule has 26 heavy (non-hydrogen) atoms. The Morgan fingerprint density at radius 2 is 2.15 bits per heavy atom. The molecule has 2 amide bonds. The molecule has 0 saturated carbocycles. The van der Waals surface area contributed by atoms with Gasteiger partial charge in [0.05, 0.1) is 0 Å². The molecule has 2 atom stereocenters. The molecule has 2 rings (SSSR count). The molecule has 1 saturated heterocycles. The SMILES string of the molecule is CC1CCCN1C(=O)[C@@H](C)NC(=O)c1ccc(CN)c(OS(=O)(=O)F)c1. The van der Waals surface area contributed by atoms with Crippen LogP contribution in [0.2, 0.25) is 0 Å². The smallest absolute Gasteiger partial charge is 0.358 e. The Morgan fingerprint density at radius 3 is 2.69 bits per heavy atom. The zero-order valence-electron chi connectivity index (χ0n) is 14.6. The number of hydrogen-bond donors (Lipinski definition) is 2. The van der Waals surface area contributed by atoms with E-state index in [1.165, 1.54) is 12.1 Å². The van der Waals surface area contributed by atoms with Crippen molar-refractivity contribution in [2.24, 2.45) is 5.73 Å². The first-order valence-corrected chi connectivity index (χ1v) is 9.51. The third-order valence-electron chi connectivity index (χ3n) is 4.29. The van der Waals surface area contributed by atoms with Gasteiger partial charge in [0, 0.05) is 30.3 Å². The van der Waals surface area contributed by atoms with Gasteiger partial charge in [-0.05, 0) is 38.8 Å². The molecule has 3 N–H and O–H groups in total. The van der Waals surface area contributed by atoms with Crippen LogP contribution in [0.15, 0.2) is 18.2 Å². The van der Waals surface area contributed by atoms with E-state index in [-0.39, 0.29) is 35.4 Å². The highest BCUT2D eigenvalue weighted by molar-refractivity contribution is 7.81. The van der Waals surface area contributed by atoms with Gasteiger partial charge in [-0.2, -0.15) is 8.42 Å². The maximum atomic E-state index is 12.8. The van der Waals surface area contributed by atoms with E-state index in [1.807, 2.05) is 6.92 Å². The number of hydrogen-bond acceptors (Lipinski definition) is 6. The van der Waals surface area contributed by atoms with Crippen LogP contribution in [-0.4, -0.2) is 43.8 Å². The lowest BCUT2D eigenvalue weighted by Gasteiger charge is -2.25. The number of carbonyl (C=O) groups excluding carboxylic acids is 2. The zero-order chi connectivity index (χ0) is 19.5. The van der Waals surface area contributed by atoms with Crippen LogP contribution in [0.25, 0.3) is 0 Å². The number of rotatable bonds is 6. The van der Waals surface area contributed by atoms with Crippen LogP contribution in [0.4, 0.5) is 3.89 Å². The second-order valence-electron chi connectivity index (χ2n) is 6.22. The lowest BCUT2D eigenvalue weighted by atomic mass is 10.1. The first kappa shape index (κ1) is 20.1. The van der Waals surface area contributed by atoms with Crippen molar-refractivity contribution in [3.05, 3.63) is 29.3 Å². The highest BCUT2D eigenvalue weighted by Gasteiger charge is 2.29. The van der Waals surface area contributed by atoms with Crippen LogP contribution >= 0.6 is 0 Å². The molecule has 1 heterocycles. The van der Waals surface area contributed by atoms with E-state index in [0.717, 1.165) is 18.9 Å². The number of amides is 2. The molecule has 1 aliphatic heterocycles. The van der Waals surface area contributed by atoms with Gasteiger partial charge in [-0.1, -0.05) is 9.95 Å². The Kier molecular flexibility index (Phi) is 6.19. The van der Waals surface area contributed by atoms with Gasteiger partial charge in [-0.25, -0.2) is 0 Å². The monoisotopic (exact) mass is 387 g/mol. The van der Waals surface area contributed by atoms with Crippen molar-refractivity contribution in [2.75, 3.05) is 6.54 Å². The van der Waals surface area contributed by atoms with E-state index in [0.29, 0.717) is 6.54 Å². The summed E-state index contributed by atoms with van der Waals surface area (Å²) in [5.41, 5.74) is 5.69. The zero-order valence-corrected chi connectivity index (χ0v) is 15.4. The van der Waals surface area contributed by atoms with Gasteiger partial charge in [0.25, 0.3) is 5.91 Å². The fourth-order valence-corrected chi connectivity index (χ4v) is 3.27. The summed E-state index contributed by atoms with van der Waals surface area (Å²) in [4.78, 5) is 26.5. The predicted octanol–water partition coefficient (Wildman–Crippen LogP) is 0.868. The topological polar surface area (TPSA) is 119 Å². The molecule has 144 valence electrons. The molecule has 8 nitrogen and oxygen atoms in total. The predicted molar refractivity (Wildman–Crippen MR) is 92.3 cm³/mol. The molecule has 0 spiro atoms. The summed E-state index contributed by atoms with van der Waals surface area (Å²) in [7, 11) is -5.25. The lowest BCUT2D eigenvalue weighted by Crippen LogP contribution is -2.48. The molecule has 1 aromatic rings. The lowest BCUT2D eigenvalue weighted by molar-refractivity contribution is -0.133. The van der Waals surface area contributed by atoms with Crippen LogP contribution in [0.3, 0.4) is 0 Å². The molecule has 0 aromatic heterocycles. The summed E-state index contributed by atoms with van der Waals surface area (Å²) in [5, 5.41) is 2.56. The van der Waals surface area contributed by atoms with Crippen molar-refractivity contribution in [2.45, 2.75) is 45.3 Å². The van der Waals surface area contributed by atoms with Gasteiger partial charge in [0.1, 0.15) is 6.04 Å². The van der Waals surface area contributed by atoms with Crippen molar-refractivity contribution in [3.63, 3.8) is 0 Å². The minimum Gasteiger partial charge on any atom is -0.358 e. The second kappa shape index (κ2) is 8.00. The third kappa shape index (κ3) is 4.92. The Balaban J connectivity index is 2.13. The summed E-state index contributed by atoms with van der Waals surface area (Å²) >= 11 is 0. The molecule has 1 aliphatic rings. The van der Waals surface area contributed by atoms with E-state index in [1.54, 1.807) is 11.8 Å². The molecule has 1 fully saturated rings. The number of nitrogens with one attached hydrogen (secondary N) is 1. The largest absolute Gasteiger partial charge is 0.488 e. The summed E-state index contributed by atoms with van der Waals surface area (Å²) in [5.74, 6) is -1.16. The quantitative estimate of drug-likeness (QED) is 0.699. The Bertz CT molecular complexity index is 799. The summed E-state index contributed by atoms with van der Waals surface area (Å²) in [6, 6.07) is 3.20. The number of benzene rings is 1. The highest BCUT2D eigenvalue weighted by Crippen LogP contribution is 2.23. The number of carbonyl (C=O) groups is 2. The molecule has 1 aromatic carbocycles. The van der Waals surface area contributed by atoms with Gasteiger partial charge in [-0.15, -0.1) is 0 Å². The summed E-state index contributed by atoms with van der Waals surface area (Å²) < 4.78 is 38.5. The third-order valence-corrected chi connectivity index (χ3v) is 4.67. The van der Waals surface area contributed by atoms with Gasteiger partial charge in [0.2, 0.25) is 5.91 Å². The first-order chi connectivity index (χ1) is 12.1. The standard InChI is InChI=1S/C16H22FN3O5S/c1-10-4-3-7-20(10)16(22)11(2)19-15(21)12-5-6-13(9-18)14(8-12)25-26(17,23)24/h5-6,8,10-11H,3-4,7,9,18H2,1-2H3,(H,19,21)/t10?,11-/m1/s1. The van der Waals surface area contributed by atoms with E-state index in [9.17, 15) is 21.9 Å². The molecule has 0 aliphatic carbocycles. The van der Waals surface area contributed by atoms with Crippen molar-refractivity contribution in [3.8, 4) is 5.75 Å². The van der Waals surface area contributed by atoms with Crippen LogP contribution in [0.5, 0.6) is 5.75 Å². The average Bonchev–Trinajstić information content (AvgIpc) is 2.98. The van der Waals surface area contributed by atoms with Crippen LogP contribution in [0, 0.1) is 0 Å². The Hall–Kier alpha value is -2.20. The average molecular weight is 387 g/mol. The number of likely N-dealkylation sites (tertiary alicyclic amines) is 1.